The first-order valence-electron chi connectivity index (χ1n) is 15.3. The van der Waals surface area contributed by atoms with Crippen LogP contribution >= 0.6 is 10.7 Å². The molecule has 0 saturated heterocycles. The number of anilines is 2. The highest BCUT2D eigenvalue weighted by Gasteiger charge is 2.26. The van der Waals surface area contributed by atoms with E-state index in [1.165, 1.54) is 23.5 Å². The first kappa shape index (κ1) is 32.0. The zero-order valence-electron chi connectivity index (χ0n) is 26.3. The Labute approximate surface area is 275 Å². The van der Waals surface area contributed by atoms with E-state index in [0.717, 1.165) is 11.3 Å². The predicted octanol–water partition coefficient (Wildman–Crippen LogP) is 6.37. The predicted molar refractivity (Wildman–Crippen MR) is 186 cm³/mol. The Balaban J connectivity index is 1.16. The number of nitrogens with zero attached hydrogens (tertiary/aromatic N) is 4. The summed E-state index contributed by atoms with van der Waals surface area (Å²) >= 11 is 0. The molecule has 1 aliphatic heterocycles. The van der Waals surface area contributed by atoms with Gasteiger partial charge in [0.15, 0.2) is 23.1 Å². The molecule has 1 amide bonds. The molecule has 0 radical (unpaired) electrons. The fourth-order valence-electron chi connectivity index (χ4n) is 5.09. The number of rotatable bonds is 13. The van der Waals surface area contributed by atoms with Crippen molar-refractivity contribution in [1.82, 2.24) is 24.2 Å². The van der Waals surface area contributed by atoms with Gasteiger partial charge in [0.05, 0.1) is 30.3 Å². The highest BCUT2D eigenvalue weighted by atomic mass is 32.2. The highest BCUT2D eigenvalue weighted by Crippen LogP contribution is 2.35. The number of carbonyl (C=O) groups excluding carboxylic acids is 1. The van der Waals surface area contributed by atoms with Crippen LogP contribution in [0.2, 0.25) is 0 Å². The molecule has 9 nitrogen and oxygen atoms in total. The summed E-state index contributed by atoms with van der Waals surface area (Å²) in [4.78, 5) is 21.1. The number of halogens is 1. The molecule has 1 aliphatic rings. The van der Waals surface area contributed by atoms with Gasteiger partial charge in [0.2, 0.25) is 5.91 Å². The molecule has 5 aromatic rings. The van der Waals surface area contributed by atoms with E-state index in [1.807, 2.05) is 59.4 Å². The lowest BCUT2D eigenvalue weighted by Crippen LogP contribution is -2.40. The summed E-state index contributed by atoms with van der Waals surface area (Å²) < 4.78 is 25.8. The molecule has 2 aromatic heterocycles. The van der Waals surface area contributed by atoms with Gasteiger partial charge < -0.3 is 29.3 Å². The minimum Gasteiger partial charge on any atom is -0.452 e. The third-order valence-electron chi connectivity index (χ3n) is 7.78. The number of ether oxygens (including phenoxy) is 1. The van der Waals surface area contributed by atoms with Gasteiger partial charge in [0.1, 0.15) is 11.8 Å². The summed E-state index contributed by atoms with van der Waals surface area (Å²) in [5.41, 5.74) is 3.47. The molecule has 6 rings (SSSR count). The van der Waals surface area contributed by atoms with Crippen LogP contribution in [-0.4, -0.2) is 48.4 Å². The number of aromatic nitrogens is 3. The zero-order valence-corrected chi connectivity index (χ0v) is 27.1. The number of carbonyl (C=O) groups is 1. The number of benzene rings is 3. The average molecular weight is 653 g/mol. The summed E-state index contributed by atoms with van der Waals surface area (Å²) in [5.74, 6) is 1.31. The maximum absolute atomic E-state index is 15.5. The van der Waals surface area contributed by atoms with E-state index in [-0.39, 0.29) is 28.9 Å². The van der Waals surface area contributed by atoms with E-state index in [0.29, 0.717) is 42.4 Å². The smallest absolute Gasteiger partial charge is 0.228 e. The fourth-order valence-corrected chi connectivity index (χ4v) is 6.94. The highest BCUT2D eigenvalue weighted by molar-refractivity contribution is 8.12. The van der Waals surface area contributed by atoms with Gasteiger partial charge in [0.25, 0.3) is 0 Å². The van der Waals surface area contributed by atoms with Crippen LogP contribution in [0.4, 0.5) is 15.9 Å². The lowest BCUT2D eigenvalue weighted by Gasteiger charge is -2.21. The molecule has 0 aliphatic carbocycles. The van der Waals surface area contributed by atoms with Gasteiger partial charge in [-0.3, -0.25) is 4.79 Å². The Morgan fingerprint density at radius 2 is 1.74 bits per heavy atom. The van der Waals surface area contributed by atoms with Crippen molar-refractivity contribution in [3.63, 3.8) is 0 Å². The van der Waals surface area contributed by atoms with E-state index in [9.17, 15) is 9.90 Å². The van der Waals surface area contributed by atoms with Gasteiger partial charge in [-0.1, -0.05) is 71.3 Å². The monoisotopic (exact) mass is 652 g/mol. The summed E-state index contributed by atoms with van der Waals surface area (Å²) in [6, 6.07) is 27.2. The molecular weight excluding hydrogens is 616 g/mol. The van der Waals surface area contributed by atoms with Crippen LogP contribution in [-0.2, 0) is 23.6 Å². The Morgan fingerprint density at radius 1 is 1.00 bits per heavy atom. The van der Waals surface area contributed by atoms with Gasteiger partial charge >= 0.3 is 0 Å². The fraction of sp³-hybridized carbons (Fsp3) is 0.222. The zero-order chi connectivity index (χ0) is 32.8. The lowest BCUT2D eigenvalue weighted by atomic mass is 9.94. The third-order valence-corrected chi connectivity index (χ3v) is 9.75. The number of aliphatic hydroxyl groups excluding tert-OH is 1. The topological polar surface area (TPSA) is 105 Å². The number of hydrogen-bond acceptors (Lipinski definition) is 7. The molecule has 1 atom stereocenters. The second-order valence-corrected chi connectivity index (χ2v) is 13.7. The molecular formula is C36H37FN6O3S. The van der Waals surface area contributed by atoms with Crippen molar-refractivity contribution >= 4 is 44.5 Å². The second-order valence-electron chi connectivity index (χ2n) is 11.9. The Kier molecular flexibility index (Phi) is 9.65. The van der Waals surface area contributed by atoms with E-state index >= 15 is 4.39 Å². The van der Waals surface area contributed by atoms with Gasteiger partial charge in [-0.2, -0.15) is 0 Å². The standard InChI is InChI=1S/C36H37FN6O3S/c1-36(2,24-44)35(45)38-16-18-42-17-15-31-33(42)34(40-25-39-31)41-28-13-14-32(30(37)19-28)46-29-21-43(20-26-9-5-3-6-10-26)47(23-29)22-27-11-7-4-8-12-27/h3-15,17,19,21,23,25,44H,16,18,20,22,24H2,1-2H3,(H,38,45)(H,39,40,41). The van der Waals surface area contributed by atoms with Gasteiger partial charge in [-0.05, 0) is 43.2 Å². The molecule has 0 bridgehead atoms. The van der Waals surface area contributed by atoms with E-state index in [2.05, 4.69) is 54.5 Å². The van der Waals surface area contributed by atoms with Crippen molar-refractivity contribution < 1.29 is 19.0 Å². The number of nitrogens with one attached hydrogen (secondary N) is 2. The van der Waals surface area contributed by atoms with Crippen molar-refractivity contribution in [2.75, 3.05) is 18.5 Å². The van der Waals surface area contributed by atoms with Crippen LogP contribution in [0.1, 0.15) is 25.0 Å². The number of fused-ring (bicyclic) bond motifs is 1. The van der Waals surface area contributed by atoms with Crippen LogP contribution in [0.15, 0.2) is 109 Å². The van der Waals surface area contributed by atoms with Crippen LogP contribution in [0.25, 0.3) is 11.0 Å². The van der Waals surface area contributed by atoms with E-state index < -0.39 is 11.2 Å². The average Bonchev–Trinajstić information content (AvgIpc) is 3.67. The SMILES string of the molecule is CC(C)(CO)C(=O)NCCn1ccc2ncnc(Nc3ccc(OC4=CN(Cc5ccccc5)S(Cc5ccccc5)=C4)c(F)c3)c21. The van der Waals surface area contributed by atoms with E-state index in [1.54, 1.807) is 26.0 Å². The molecule has 11 heteroatoms. The summed E-state index contributed by atoms with van der Waals surface area (Å²) in [7, 11) is -0.275. The Hall–Kier alpha value is -5.00. The van der Waals surface area contributed by atoms with Crippen molar-refractivity contribution in [2.24, 2.45) is 5.41 Å². The van der Waals surface area contributed by atoms with Gasteiger partial charge in [-0.15, -0.1) is 0 Å². The molecule has 1 unspecified atom stereocenters. The van der Waals surface area contributed by atoms with Crippen LogP contribution in [0, 0.1) is 11.2 Å². The normalized spacial score (nSPS) is 14.5. The number of hydrogen-bond donors (Lipinski definition) is 3. The molecule has 0 saturated carbocycles. The number of amides is 1. The largest absolute Gasteiger partial charge is 0.452 e. The molecule has 0 fully saturated rings. The lowest BCUT2D eigenvalue weighted by molar-refractivity contribution is -0.131. The number of aliphatic hydroxyl groups is 1. The first-order valence-corrected chi connectivity index (χ1v) is 16.7. The molecule has 0 spiro atoms. The molecule has 3 N–H and O–H groups in total. The maximum atomic E-state index is 15.5. The van der Waals surface area contributed by atoms with Gasteiger partial charge in [0, 0.05) is 42.2 Å². The minimum absolute atomic E-state index is 0.126. The van der Waals surface area contributed by atoms with Gasteiger partial charge in [-0.25, -0.2) is 14.4 Å². The molecule has 47 heavy (non-hydrogen) atoms. The van der Waals surface area contributed by atoms with Crippen LogP contribution in [0.3, 0.4) is 0 Å². The minimum atomic E-state index is -0.868. The summed E-state index contributed by atoms with van der Waals surface area (Å²) in [6.07, 6.45) is 5.28. The summed E-state index contributed by atoms with van der Waals surface area (Å²) in [6.45, 7) is 4.65. The Bertz CT molecular complexity index is 1930. The van der Waals surface area contributed by atoms with E-state index in [4.69, 9.17) is 4.74 Å². The van der Waals surface area contributed by atoms with Crippen molar-refractivity contribution in [2.45, 2.75) is 32.7 Å². The maximum Gasteiger partial charge on any atom is 0.228 e. The Morgan fingerprint density at radius 3 is 2.47 bits per heavy atom. The van der Waals surface area contributed by atoms with Crippen molar-refractivity contribution in [3.05, 3.63) is 126 Å². The number of allylic oxidation sites excluding steroid dienone is 1. The molecule has 3 aromatic carbocycles. The first-order chi connectivity index (χ1) is 22.8. The quantitative estimate of drug-likeness (QED) is 0.127. The second kappa shape index (κ2) is 14.2. The van der Waals surface area contributed by atoms with Crippen LogP contribution < -0.4 is 15.4 Å². The third kappa shape index (κ3) is 7.70. The molecule has 242 valence electrons. The van der Waals surface area contributed by atoms with Crippen molar-refractivity contribution in [3.8, 4) is 5.75 Å². The molecule has 3 heterocycles. The summed E-state index contributed by atoms with van der Waals surface area (Å²) in [5, 5.41) is 17.6. The van der Waals surface area contributed by atoms with Crippen molar-refractivity contribution in [1.29, 1.82) is 0 Å². The van der Waals surface area contributed by atoms with Crippen LogP contribution in [0.5, 0.6) is 5.75 Å².